The maximum atomic E-state index is 5.84. The number of halogens is 1. The fourth-order valence-electron chi connectivity index (χ4n) is 1.65. The third-order valence-corrected chi connectivity index (χ3v) is 3.05. The van der Waals surface area contributed by atoms with Crippen molar-refractivity contribution in [1.82, 2.24) is 0 Å². The maximum Gasteiger partial charge on any atom is 0.0604 e. The maximum absolute atomic E-state index is 5.84. The SMILES string of the molecule is CCC(/C=C\c1ccccc1)=N/Nc1ccc(Cl)cc1. The predicted molar refractivity (Wildman–Crippen MR) is 88.3 cm³/mol. The number of anilines is 1. The molecule has 1 N–H and O–H groups in total. The molecule has 0 saturated heterocycles. The zero-order valence-electron chi connectivity index (χ0n) is 11.4. The smallest absolute Gasteiger partial charge is 0.0604 e. The predicted octanol–water partition coefficient (Wildman–Crippen LogP) is 5.23. The molecular formula is C17H17ClN2. The molecule has 0 aromatic heterocycles. The normalized spacial score (nSPS) is 11.8. The summed E-state index contributed by atoms with van der Waals surface area (Å²) in [6, 6.07) is 17.7. The topological polar surface area (TPSA) is 24.4 Å². The van der Waals surface area contributed by atoms with Gasteiger partial charge in [-0.05, 0) is 42.3 Å². The van der Waals surface area contributed by atoms with Crippen molar-refractivity contribution in [3.05, 3.63) is 71.3 Å². The summed E-state index contributed by atoms with van der Waals surface area (Å²) < 4.78 is 0. The van der Waals surface area contributed by atoms with Crippen molar-refractivity contribution in [2.45, 2.75) is 13.3 Å². The molecule has 2 rings (SSSR count). The van der Waals surface area contributed by atoms with Gasteiger partial charge in [0.1, 0.15) is 0 Å². The molecule has 0 unspecified atom stereocenters. The number of hydrogen-bond donors (Lipinski definition) is 1. The van der Waals surface area contributed by atoms with E-state index >= 15 is 0 Å². The first-order valence-corrected chi connectivity index (χ1v) is 6.97. The van der Waals surface area contributed by atoms with Gasteiger partial charge in [0.2, 0.25) is 0 Å². The average Bonchev–Trinajstić information content (AvgIpc) is 2.50. The number of rotatable bonds is 5. The van der Waals surface area contributed by atoms with Crippen LogP contribution in [0.2, 0.25) is 5.02 Å². The summed E-state index contributed by atoms with van der Waals surface area (Å²) in [5.41, 5.74) is 6.12. The Balaban J connectivity index is 2.02. The standard InChI is InChI=1S/C17H17ClN2/c1-2-16(11-8-14-6-4-3-5-7-14)19-20-17-12-9-15(18)10-13-17/h3-13,20H,2H2,1H3/b11-8-,19-16-. The quantitative estimate of drug-likeness (QED) is 0.590. The summed E-state index contributed by atoms with van der Waals surface area (Å²) in [6.07, 6.45) is 4.95. The van der Waals surface area contributed by atoms with Crippen LogP contribution in [0, 0.1) is 0 Å². The fraction of sp³-hybridized carbons (Fsp3) is 0.118. The lowest BCUT2D eigenvalue weighted by atomic mass is 10.2. The highest BCUT2D eigenvalue weighted by atomic mass is 35.5. The molecule has 0 saturated carbocycles. The Kier molecular flexibility index (Phi) is 5.39. The Bertz CT molecular complexity index is 586. The van der Waals surface area contributed by atoms with E-state index in [2.05, 4.69) is 35.7 Å². The lowest BCUT2D eigenvalue weighted by Crippen LogP contribution is -1.97. The second kappa shape index (κ2) is 7.51. The van der Waals surface area contributed by atoms with Gasteiger partial charge in [-0.2, -0.15) is 5.10 Å². The average molecular weight is 285 g/mol. The number of nitrogens with one attached hydrogen (secondary N) is 1. The van der Waals surface area contributed by atoms with Crippen molar-refractivity contribution in [3.63, 3.8) is 0 Å². The third kappa shape index (κ3) is 4.56. The molecule has 0 heterocycles. The van der Waals surface area contributed by atoms with Crippen LogP contribution in [-0.4, -0.2) is 5.71 Å². The van der Waals surface area contributed by atoms with E-state index < -0.39 is 0 Å². The number of hydrazone groups is 1. The van der Waals surface area contributed by atoms with Gasteiger partial charge in [-0.3, -0.25) is 5.43 Å². The largest absolute Gasteiger partial charge is 0.278 e. The van der Waals surface area contributed by atoms with Crippen molar-refractivity contribution in [3.8, 4) is 0 Å². The minimum Gasteiger partial charge on any atom is -0.278 e. The van der Waals surface area contributed by atoms with Crippen LogP contribution in [0.15, 0.2) is 65.8 Å². The first-order chi connectivity index (χ1) is 9.78. The van der Waals surface area contributed by atoms with E-state index in [1.165, 1.54) is 5.56 Å². The monoisotopic (exact) mass is 284 g/mol. The second-order valence-corrected chi connectivity index (χ2v) is 4.76. The zero-order chi connectivity index (χ0) is 14.2. The van der Waals surface area contributed by atoms with E-state index in [4.69, 9.17) is 11.6 Å². The minimum absolute atomic E-state index is 0.721. The molecule has 2 aromatic carbocycles. The molecule has 20 heavy (non-hydrogen) atoms. The van der Waals surface area contributed by atoms with Crippen LogP contribution < -0.4 is 5.43 Å². The molecule has 0 atom stereocenters. The number of hydrogen-bond acceptors (Lipinski definition) is 2. The highest BCUT2D eigenvalue weighted by molar-refractivity contribution is 6.30. The third-order valence-electron chi connectivity index (χ3n) is 2.80. The molecule has 0 aliphatic carbocycles. The molecule has 2 aromatic rings. The van der Waals surface area contributed by atoms with Gasteiger partial charge in [0.15, 0.2) is 0 Å². The molecule has 0 spiro atoms. The molecule has 0 aliphatic heterocycles. The van der Waals surface area contributed by atoms with Gasteiger partial charge in [0.05, 0.1) is 11.4 Å². The van der Waals surface area contributed by atoms with E-state index in [1.807, 2.05) is 48.5 Å². The van der Waals surface area contributed by atoms with Crippen molar-refractivity contribution in [1.29, 1.82) is 0 Å². The van der Waals surface area contributed by atoms with E-state index in [0.29, 0.717) is 0 Å². The van der Waals surface area contributed by atoms with Crippen LogP contribution in [-0.2, 0) is 0 Å². The van der Waals surface area contributed by atoms with Crippen molar-refractivity contribution in [2.24, 2.45) is 5.10 Å². The van der Waals surface area contributed by atoms with Gasteiger partial charge in [-0.15, -0.1) is 0 Å². The van der Waals surface area contributed by atoms with Crippen LogP contribution in [0.4, 0.5) is 5.69 Å². The Morgan fingerprint density at radius 1 is 1.10 bits per heavy atom. The molecule has 0 radical (unpaired) electrons. The molecular weight excluding hydrogens is 268 g/mol. The number of nitrogens with zero attached hydrogens (tertiary/aromatic N) is 1. The van der Waals surface area contributed by atoms with E-state index in [-0.39, 0.29) is 0 Å². The summed E-state index contributed by atoms with van der Waals surface area (Å²) in [5, 5.41) is 5.12. The summed E-state index contributed by atoms with van der Waals surface area (Å²) in [4.78, 5) is 0. The Labute approximate surface area is 124 Å². The van der Waals surface area contributed by atoms with Crippen LogP contribution in [0.5, 0.6) is 0 Å². The van der Waals surface area contributed by atoms with Crippen LogP contribution in [0.1, 0.15) is 18.9 Å². The molecule has 0 amide bonds. The van der Waals surface area contributed by atoms with E-state index in [1.54, 1.807) is 0 Å². The van der Waals surface area contributed by atoms with Gasteiger partial charge in [-0.25, -0.2) is 0 Å². The fourth-order valence-corrected chi connectivity index (χ4v) is 1.78. The van der Waals surface area contributed by atoms with Gasteiger partial charge < -0.3 is 0 Å². The van der Waals surface area contributed by atoms with Crippen LogP contribution >= 0.6 is 11.6 Å². The molecule has 0 bridgehead atoms. The zero-order valence-corrected chi connectivity index (χ0v) is 12.1. The van der Waals surface area contributed by atoms with Crippen molar-refractivity contribution in [2.75, 3.05) is 5.43 Å². The first-order valence-electron chi connectivity index (χ1n) is 6.59. The van der Waals surface area contributed by atoms with Gasteiger partial charge in [0, 0.05) is 5.02 Å². The molecule has 0 aliphatic rings. The lowest BCUT2D eigenvalue weighted by molar-refractivity contribution is 1.23. The highest BCUT2D eigenvalue weighted by Gasteiger charge is 1.93. The lowest BCUT2D eigenvalue weighted by Gasteiger charge is -2.02. The van der Waals surface area contributed by atoms with Crippen LogP contribution in [0.3, 0.4) is 0 Å². The molecule has 2 nitrogen and oxygen atoms in total. The molecule has 0 fully saturated rings. The Morgan fingerprint density at radius 3 is 2.45 bits per heavy atom. The van der Waals surface area contributed by atoms with E-state index in [0.717, 1.165) is 22.8 Å². The number of benzene rings is 2. The summed E-state index contributed by atoms with van der Waals surface area (Å²) in [5.74, 6) is 0. The Morgan fingerprint density at radius 2 is 1.80 bits per heavy atom. The van der Waals surface area contributed by atoms with Crippen LogP contribution in [0.25, 0.3) is 6.08 Å². The highest BCUT2D eigenvalue weighted by Crippen LogP contribution is 2.13. The van der Waals surface area contributed by atoms with Gasteiger partial charge in [0.25, 0.3) is 0 Å². The Hall–Kier alpha value is -2.06. The van der Waals surface area contributed by atoms with Crippen molar-refractivity contribution < 1.29 is 0 Å². The first kappa shape index (κ1) is 14.4. The summed E-state index contributed by atoms with van der Waals surface area (Å²) >= 11 is 5.84. The van der Waals surface area contributed by atoms with Gasteiger partial charge in [-0.1, -0.05) is 54.9 Å². The summed E-state index contributed by atoms with van der Waals surface area (Å²) in [7, 11) is 0. The minimum atomic E-state index is 0.721. The van der Waals surface area contributed by atoms with Gasteiger partial charge >= 0.3 is 0 Å². The molecule has 3 heteroatoms. The number of allylic oxidation sites excluding steroid dienone is 1. The second-order valence-electron chi connectivity index (χ2n) is 4.32. The molecule has 102 valence electrons. The summed E-state index contributed by atoms with van der Waals surface area (Å²) in [6.45, 7) is 2.08. The van der Waals surface area contributed by atoms with E-state index in [9.17, 15) is 0 Å². The van der Waals surface area contributed by atoms with Crippen molar-refractivity contribution >= 4 is 29.1 Å².